The van der Waals surface area contributed by atoms with Gasteiger partial charge in [-0.1, -0.05) is 6.92 Å². The van der Waals surface area contributed by atoms with E-state index in [1.807, 2.05) is 0 Å². The molecule has 1 N–H and O–H groups in total. The predicted octanol–water partition coefficient (Wildman–Crippen LogP) is 0.563. The molecule has 0 aliphatic carbocycles. The summed E-state index contributed by atoms with van der Waals surface area (Å²) < 4.78 is 5.49. The fourth-order valence-electron chi connectivity index (χ4n) is 1.89. The lowest BCUT2D eigenvalue weighted by Crippen LogP contribution is -2.45. The largest absolute Gasteiger partial charge is 0.381 e. The summed E-state index contributed by atoms with van der Waals surface area (Å²) in [6.07, 6.45) is 1.15. The van der Waals surface area contributed by atoms with E-state index in [9.17, 15) is 0 Å². The summed E-state index contributed by atoms with van der Waals surface area (Å²) in [4.78, 5) is 2.35. The van der Waals surface area contributed by atoms with Gasteiger partial charge in [-0.25, -0.2) is 0 Å². The van der Waals surface area contributed by atoms with E-state index in [1.54, 1.807) is 0 Å². The van der Waals surface area contributed by atoms with Crippen molar-refractivity contribution in [3.63, 3.8) is 0 Å². The van der Waals surface area contributed by atoms with E-state index < -0.39 is 0 Å². The molecule has 2 unspecified atom stereocenters. The van der Waals surface area contributed by atoms with E-state index in [1.165, 1.54) is 0 Å². The summed E-state index contributed by atoms with van der Waals surface area (Å²) in [7, 11) is 4.22. The Morgan fingerprint density at radius 3 is 2.92 bits per heavy atom. The van der Waals surface area contributed by atoms with Crippen LogP contribution in [0.25, 0.3) is 0 Å². The van der Waals surface area contributed by atoms with Crippen molar-refractivity contribution in [3.05, 3.63) is 0 Å². The molecular formula is C10H22N2O. The van der Waals surface area contributed by atoms with Crippen LogP contribution in [0.5, 0.6) is 0 Å². The summed E-state index contributed by atoms with van der Waals surface area (Å²) >= 11 is 0. The number of hydrogen-bond donors (Lipinski definition) is 1. The molecule has 1 rings (SSSR count). The van der Waals surface area contributed by atoms with Crippen LogP contribution in [-0.4, -0.2) is 51.3 Å². The summed E-state index contributed by atoms with van der Waals surface area (Å²) in [5, 5.41) is 3.38. The Balaban J connectivity index is 2.35. The Hall–Kier alpha value is -0.120. The van der Waals surface area contributed by atoms with Gasteiger partial charge in [0.25, 0.3) is 0 Å². The van der Waals surface area contributed by atoms with Gasteiger partial charge < -0.3 is 15.0 Å². The van der Waals surface area contributed by atoms with Crippen LogP contribution in [0.1, 0.15) is 13.3 Å². The van der Waals surface area contributed by atoms with Crippen LogP contribution in [0.15, 0.2) is 0 Å². The van der Waals surface area contributed by atoms with E-state index in [2.05, 4.69) is 31.2 Å². The Morgan fingerprint density at radius 1 is 1.54 bits per heavy atom. The average molecular weight is 186 g/mol. The smallest absolute Gasteiger partial charge is 0.0521 e. The van der Waals surface area contributed by atoms with Crippen LogP contribution in [0.3, 0.4) is 0 Å². The van der Waals surface area contributed by atoms with Gasteiger partial charge in [-0.2, -0.15) is 0 Å². The summed E-state index contributed by atoms with van der Waals surface area (Å²) in [5.41, 5.74) is 0. The standard InChI is InChI=1S/C10H22N2O/c1-4-12(3)7-9-8-13-6-5-10(9)11-2/h9-11H,4-8H2,1-3H3. The lowest BCUT2D eigenvalue weighted by atomic mass is 9.95. The van der Waals surface area contributed by atoms with Crippen molar-refractivity contribution < 1.29 is 4.74 Å². The minimum Gasteiger partial charge on any atom is -0.381 e. The van der Waals surface area contributed by atoms with Crippen molar-refractivity contribution in [1.82, 2.24) is 10.2 Å². The van der Waals surface area contributed by atoms with Crippen molar-refractivity contribution in [2.24, 2.45) is 5.92 Å². The van der Waals surface area contributed by atoms with Gasteiger partial charge in [0, 0.05) is 25.1 Å². The molecule has 2 atom stereocenters. The van der Waals surface area contributed by atoms with E-state index in [4.69, 9.17) is 4.74 Å². The van der Waals surface area contributed by atoms with Gasteiger partial charge in [0.05, 0.1) is 6.61 Å². The second kappa shape index (κ2) is 5.58. The summed E-state index contributed by atoms with van der Waals surface area (Å²) in [6.45, 7) is 6.28. The molecule has 3 heteroatoms. The molecule has 0 aromatic heterocycles. The second-order valence-corrected chi connectivity index (χ2v) is 3.87. The molecule has 1 heterocycles. The zero-order chi connectivity index (χ0) is 9.68. The highest BCUT2D eigenvalue weighted by Crippen LogP contribution is 2.15. The first-order chi connectivity index (χ1) is 6.27. The van der Waals surface area contributed by atoms with Crippen LogP contribution >= 0.6 is 0 Å². The van der Waals surface area contributed by atoms with Crippen LogP contribution in [-0.2, 0) is 4.74 Å². The van der Waals surface area contributed by atoms with Gasteiger partial charge in [0.1, 0.15) is 0 Å². The lowest BCUT2D eigenvalue weighted by molar-refractivity contribution is 0.0222. The molecule has 1 saturated heterocycles. The molecular weight excluding hydrogens is 164 g/mol. The van der Waals surface area contributed by atoms with Crippen LogP contribution < -0.4 is 5.32 Å². The molecule has 0 aromatic rings. The monoisotopic (exact) mass is 186 g/mol. The van der Waals surface area contributed by atoms with E-state index in [0.29, 0.717) is 12.0 Å². The maximum absolute atomic E-state index is 5.49. The Labute approximate surface area is 81.4 Å². The first-order valence-electron chi connectivity index (χ1n) is 5.21. The topological polar surface area (TPSA) is 24.5 Å². The molecule has 0 amide bonds. The number of nitrogens with zero attached hydrogens (tertiary/aromatic N) is 1. The second-order valence-electron chi connectivity index (χ2n) is 3.87. The molecule has 78 valence electrons. The minimum atomic E-state index is 0.641. The molecule has 0 saturated carbocycles. The zero-order valence-corrected chi connectivity index (χ0v) is 9.05. The predicted molar refractivity (Wildman–Crippen MR) is 54.9 cm³/mol. The molecule has 0 aromatic carbocycles. The van der Waals surface area contributed by atoms with Crippen molar-refractivity contribution in [3.8, 4) is 0 Å². The average Bonchev–Trinajstić information content (AvgIpc) is 2.18. The first kappa shape index (κ1) is 11.0. The zero-order valence-electron chi connectivity index (χ0n) is 9.05. The van der Waals surface area contributed by atoms with Gasteiger partial charge in [-0.3, -0.25) is 0 Å². The quantitative estimate of drug-likeness (QED) is 0.694. The highest BCUT2D eigenvalue weighted by Gasteiger charge is 2.24. The van der Waals surface area contributed by atoms with Gasteiger partial charge in [0.15, 0.2) is 0 Å². The number of nitrogens with one attached hydrogen (secondary N) is 1. The van der Waals surface area contributed by atoms with Crippen molar-refractivity contribution >= 4 is 0 Å². The number of hydrogen-bond acceptors (Lipinski definition) is 3. The fourth-order valence-corrected chi connectivity index (χ4v) is 1.89. The molecule has 0 bridgehead atoms. The Kier molecular flexibility index (Phi) is 4.70. The Morgan fingerprint density at radius 2 is 2.31 bits per heavy atom. The highest BCUT2D eigenvalue weighted by atomic mass is 16.5. The maximum atomic E-state index is 5.49. The van der Waals surface area contributed by atoms with Crippen molar-refractivity contribution in [1.29, 1.82) is 0 Å². The van der Waals surface area contributed by atoms with Crippen LogP contribution in [0.2, 0.25) is 0 Å². The molecule has 13 heavy (non-hydrogen) atoms. The third-order valence-electron chi connectivity index (χ3n) is 2.93. The maximum Gasteiger partial charge on any atom is 0.0521 e. The first-order valence-corrected chi connectivity index (χ1v) is 5.21. The molecule has 1 aliphatic heterocycles. The van der Waals surface area contributed by atoms with Gasteiger partial charge in [-0.15, -0.1) is 0 Å². The van der Waals surface area contributed by atoms with Crippen LogP contribution in [0, 0.1) is 5.92 Å². The lowest BCUT2D eigenvalue weighted by Gasteiger charge is -2.33. The SMILES string of the molecule is CCN(C)CC1COCCC1NC. The van der Waals surface area contributed by atoms with E-state index in [-0.39, 0.29) is 0 Å². The van der Waals surface area contributed by atoms with Crippen LogP contribution in [0.4, 0.5) is 0 Å². The van der Waals surface area contributed by atoms with Gasteiger partial charge in [0.2, 0.25) is 0 Å². The molecule has 0 spiro atoms. The minimum absolute atomic E-state index is 0.641. The normalized spacial score (nSPS) is 29.5. The summed E-state index contributed by atoms with van der Waals surface area (Å²) in [5.74, 6) is 0.656. The molecule has 0 radical (unpaired) electrons. The highest BCUT2D eigenvalue weighted by molar-refractivity contribution is 4.80. The molecule has 1 aliphatic rings. The van der Waals surface area contributed by atoms with E-state index >= 15 is 0 Å². The molecule has 3 nitrogen and oxygen atoms in total. The molecule has 1 fully saturated rings. The van der Waals surface area contributed by atoms with Crippen molar-refractivity contribution in [2.45, 2.75) is 19.4 Å². The van der Waals surface area contributed by atoms with Crippen molar-refractivity contribution in [2.75, 3.05) is 40.4 Å². The number of ether oxygens (including phenoxy) is 1. The van der Waals surface area contributed by atoms with E-state index in [0.717, 1.165) is 32.7 Å². The third kappa shape index (κ3) is 3.25. The fraction of sp³-hybridized carbons (Fsp3) is 1.00. The van der Waals surface area contributed by atoms with Gasteiger partial charge in [-0.05, 0) is 27.1 Å². The third-order valence-corrected chi connectivity index (χ3v) is 2.93. The van der Waals surface area contributed by atoms with Gasteiger partial charge >= 0.3 is 0 Å². The number of rotatable bonds is 4. The summed E-state index contributed by atoms with van der Waals surface area (Å²) in [6, 6.07) is 0.641. The Bertz CT molecular complexity index is 141.